The molecule has 3 aliphatic heterocycles. The number of amides is 2. The number of ether oxygens (including phenoxy) is 5. The summed E-state index contributed by atoms with van der Waals surface area (Å²) in [6, 6.07) is 13.0. The van der Waals surface area contributed by atoms with Crippen LogP contribution in [0, 0.1) is 17.3 Å². The fraction of sp³-hybridized carbons (Fsp3) is 0.650. The van der Waals surface area contributed by atoms with Crippen LogP contribution in [0.5, 0.6) is 11.5 Å². The zero-order chi connectivity index (χ0) is 38.1. The Kier molecular flexibility index (Phi) is 13.8. The SMILES string of the molecule is CC(C)(CCCCNC(=O)CCC1CCCC1)CN(C[C@@H](O)[C@H](Cc1ccccc1)NC(=O)O[C@H]1CO[C@H]2OCC[C@H]21)S(=O)(=O)c1ccc2c(c1)OCO2. The number of carbonyl (C=O) groups is 2. The highest BCUT2D eigenvalue weighted by Crippen LogP contribution is 2.36. The van der Waals surface area contributed by atoms with Gasteiger partial charge in [-0.3, -0.25) is 4.79 Å². The summed E-state index contributed by atoms with van der Waals surface area (Å²) in [5.74, 6) is 1.49. The zero-order valence-electron chi connectivity index (χ0n) is 31.6. The molecule has 2 aromatic carbocycles. The smallest absolute Gasteiger partial charge is 0.407 e. The predicted octanol–water partition coefficient (Wildman–Crippen LogP) is 5.15. The summed E-state index contributed by atoms with van der Waals surface area (Å²) in [6.45, 7) is 5.14. The number of hydrogen-bond acceptors (Lipinski definition) is 10. The van der Waals surface area contributed by atoms with Crippen molar-refractivity contribution in [1.82, 2.24) is 14.9 Å². The third-order valence-corrected chi connectivity index (χ3v) is 13.0. The van der Waals surface area contributed by atoms with Gasteiger partial charge in [-0.25, -0.2) is 13.2 Å². The summed E-state index contributed by atoms with van der Waals surface area (Å²) in [5, 5.41) is 17.8. The van der Waals surface area contributed by atoms with Gasteiger partial charge >= 0.3 is 6.09 Å². The number of nitrogens with one attached hydrogen (secondary N) is 2. The first kappa shape index (κ1) is 40.2. The van der Waals surface area contributed by atoms with Crippen LogP contribution in [0.2, 0.25) is 0 Å². The van der Waals surface area contributed by atoms with E-state index in [9.17, 15) is 23.1 Å². The molecule has 0 unspecified atom stereocenters. The van der Waals surface area contributed by atoms with Gasteiger partial charge in [-0.2, -0.15) is 4.31 Å². The number of rotatable bonds is 19. The second kappa shape index (κ2) is 18.5. The summed E-state index contributed by atoms with van der Waals surface area (Å²) in [7, 11) is -4.17. The Hall–Kier alpha value is -3.43. The normalized spacial score (nSPS) is 22.3. The van der Waals surface area contributed by atoms with E-state index in [2.05, 4.69) is 10.6 Å². The van der Waals surface area contributed by atoms with Gasteiger partial charge in [0.1, 0.15) is 6.10 Å². The number of sulfonamides is 1. The van der Waals surface area contributed by atoms with Crippen molar-refractivity contribution < 1.29 is 46.8 Å². The van der Waals surface area contributed by atoms with Gasteiger partial charge in [-0.15, -0.1) is 0 Å². The molecule has 3 fully saturated rings. The first-order valence-electron chi connectivity index (χ1n) is 19.6. The Morgan fingerprint density at radius 1 is 1.02 bits per heavy atom. The summed E-state index contributed by atoms with van der Waals surface area (Å²) in [5.41, 5.74) is 0.352. The maximum absolute atomic E-state index is 14.4. The van der Waals surface area contributed by atoms with Crippen molar-refractivity contribution in [3.05, 3.63) is 54.1 Å². The number of alkyl carbamates (subject to hydrolysis) is 1. The average molecular weight is 772 g/mol. The second-order valence-electron chi connectivity index (χ2n) is 15.9. The van der Waals surface area contributed by atoms with Gasteiger partial charge < -0.3 is 39.4 Å². The molecular weight excluding hydrogens is 715 g/mol. The Morgan fingerprint density at radius 3 is 2.59 bits per heavy atom. The maximum atomic E-state index is 14.4. The van der Waals surface area contributed by atoms with Gasteiger partial charge in [0.15, 0.2) is 17.8 Å². The van der Waals surface area contributed by atoms with E-state index in [1.807, 2.05) is 44.2 Å². The maximum Gasteiger partial charge on any atom is 0.407 e. The van der Waals surface area contributed by atoms with Crippen molar-refractivity contribution in [1.29, 1.82) is 0 Å². The van der Waals surface area contributed by atoms with Crippen molar-refractivity contribution >= 4 is 22.0 Å². The molecule has 1 aliphatic carbocycles. The summed E-state index contributed by atoms with van der Waals surface area (Å²) < 4.78 is 58.0. The van der Waals surface area contributed by atoms with E-state index < -0.39 is 46.1 Å². The van der Waals surface area contributed by atoms with E-state index in [1.165, 1.54) is 42.1 Å². The molecule has 54 heavy (non-hydrogen) atoms. The molecule has 13 nitrogen and oxygen atoms in total. The van der Waals surface area contributed by atoms with E-state index in [0.29, 0.717) is 43.4 Å². The minimum absolute atomic E-state index is 0.000386. The first-order chi connectivity index (χ1) is 26.0. The van der Waals surface area contributed by atoms with Crippen molar-refractivity contribution in [2.45, 2.75) is 114 Å². The molecule has 0 bridgehead atoms. The molecule has 0 aromatic heterocycles. The van der Waals surface area contributed by atoms with E-state index >= 15 is 0 Å². The molecule has 2 saturated heterocycles. The van der Waals surface area contributed by atoms with Crippen LogP contribution in [0.3, 0.4) is 0 Å². The molecule has 298 valence electrons. The average Bonchev–Trinajstić information content (AvgIpc) is 3.98. The van der Waals surface area contributed by atoms with Crippen molar-refractivity contribution in [2.75, 3.05) is 39.6 Å². The number of aliphatic hydroxyl groups is 1. The quantitative estimate of drug-likeness (QED) is 0.163. The predicted molar refractivity (Wildman–Crippen MR) is 200 cm³/mol. The highest BCUT2D eigenvalue weighted by Gasteiger charge is 2.44. The number of hydrogen-bond donors (Lipinski definition) is 3. The Labute approximate surface area is 319 Å². The molecule has 6 rings (SSSR count). The van der Waals surface area contributed by atoms with Gasteiger partial charge in [0.05, 0.1) is 36.2 Å². The lowest BCUT2D eigenvalue weighted by Crippen LogP contribution is -2.52. The monoisotopic (exact) mass is 771 g/mol. The minimum Gasteiger partial charge on any atom is -0.454 e. The Balaban J connectivity index is 1.12. The molecule has 3 heterocycles. The molecule has 2 aromatic rings. The second-order valence-corrected chi connectivity index (χ2v) is 17.9. The lowest BCUT2D eigenvalue weighted by molar-refractivity contribution is -0.121. The largest absolute Gasteiger partial charge is 0.454 e. The van der Waals surface area contributed by atoms with E-state index in [1.54, 1.807) is 6.07 Å². The van der Waals surface area contributed by atoms with Gasteiger partial charge in [0.2, 0.25) is 22.7 Å². The van der Waals surface area contributed by atoms with Gasteiger partial charge in [0, 0.05) is 32.1 Å². The first-order valence-corrected chi connectivity index (χ1v) is 21.0. The molecule has 14 heteroatoms. The number of fused-ring (bicyclic) bond motifs is 2. The summed E-state index contributed by atoms with van der Waals surface area (Å²) >= 11 is 0. The van der Waals surface area contributed by atoms with E-state index in [0.717, 1.165) is 31.2 Å². The molecule has 0 spiro atoms. The molecule has 1 saturated carbocycles. The number of benzene rings is 2. The standard InChI is InChI=1S/C40H57N3O10S/c1-40(2,19-8-9-20-41-37(45)17-14-28-10-6-7-11-28)26-43(54(47,48)30-15-16-34-35(23-30)52-27-51-34)24-33(44)32(22-29-12-4-3-5-13-29)42-39(46)53-36-25-50-38-31(36)18-21-49-38/h3-5,12-13,15-16,23,28,31-33,36,38,44H,6-11,14,17-22,24-27H2,1-2H3,(H,41,45)(H,42,46)/t31-,32-,33+,36-,38+/m0/s1. The van der Waals surface area contributed by atoms with Crippen molar-refractivity contribution in [3.63, 3.8) is 0 Å². The van der Waals surface area contributed by atoms with Gasteiger partial charge in [0.25, 0.3) is 0 Å². The van der Waals surface area contributed by atoms with Crippen LogP contribution in [0.25, 0.3) is 0 Å². The minimum atomic E-state index is -4.17. The number of aliphatic hydroxyl groups excluding tert-OH is 1. The zero-order valence-corrected chi connectivity index (χ0v) is 32.4. The van der Waals surface area contributed by atoms with Gasteiger partial charge in [-0.1, -0.05) is 76.3 Å². The fourth-order valence-corrected chi connectivity index (χ4v) is 9.69. The van der Waals surface area contributed by atoms with Crippen LogP contribution < -0.4 is 20.1 Å². The third kappa shape index (κ3) is 10.9. The van der Waals surface area contributed by atoms with Crippen LogP contribution in [0.15, 0.2) is 53.4 Å². The molecular formula is C40H57N3O10S. The highest BCUT2D eigenvalue weighted by molar-refractivity contribution is 7.89. The van der Waals surface area contributed by atoms with Crippen molar-refractivity contribution in [3.8, 4) is 11.5 Å². The Morgan fingerprint density at radius 2 is 1.80 bits per heavy atom. The number of carbonyl (C=O) groups excluding carboxylic acids is 2. The highest BCUT2D eigenvalue weighted by atomic mass is 32.2. The van der Waals surface area contributed by atoms with Crippen LogP contribution in [-0.4, -0.2) is 94.0 Å². The lowest BCUT2D eigenvalue weighted by Gasteiger charge is -2.35. The lowest BCUT2D eigenvalue weighted by atomic mass is 9.87. The molecule has 4 aliphatic rings. The summed E-state index contributed by atoms with van der Waals surface area (Å²) in [4.78, 5) is 25.8. The fourth-order valence-electron chi connectivity index (χ4n) is 8.03. The molecule has 5 atom stereocenters. The van der Waals surface area contributed by atoms with Crippen LogP contribution in [0.1, 0.15) is 83.6 Å². The third-order valence-electron chi connectivity index (χ3n) is 11.1. The van der Waals surface area contributed by atoms with Crippen LogP contribution in [0.4, 0.5) is 4.79 Å². The van der Waals surface area contributed by atoms with Crippen LogP contribution >= 0.6 is 0 Å². The molecule has 2 amide bonds. The molecule has 3 N–H and O–H groups in total. The Bertz CT molecular complexity index is 1650. The van der Waals surface area contributed by atoms with Gasteiger partial charge in [-0.05, 0) is 61.1 Å². The topological polar surface area (TPSA) is 162 Å². The van der Waals surface area contributed by atoms with E-state index in [4.69, 9.17) is 23.7 Å². The number of nitrogens with zero attached hydrogens (tertiary/aromatic N) is 1. The molecule has 0 radical (unpaired) electrons. The van der Waals surface area contributed by atoms with E-state index in [-0.39, 0.29) is 49.6 Å². The number of unbranched alkanes of at least 4 members (excludes halogenated alkanes) is 1. The summed E-state index contributed by atoms with van der Waals surface area (Å²) in [6.07, 6.45) is 6.78. The van der Waals surface area contributed by atoms with Crippen molar-refractivity contribution in [2.24, 2.45) is 17.3 Å². The van der Waals surface area contributed by atoms with Crippen LogP contribution in [-0.2, 0) is 35.4 Å².